The van der Waals surface area contributed by atoms with Crippen molar-refractivity contribution in [1.82, 2.24) is 0 Å². The van der Waals surface area contributed by atoms with Gasteiger partial charge in [-0.3, -0.25) is 9.59 Å². The maximum atomic E-state index is 11.8. The molecule has 128 valence electrons. The summed E-state index contributed by atoms with van der Waals surface area (Å²) in [4.78, 5) is 44.7. The second kappa shape index (κ2) is 7.77. The smallest absolute Gasteiger partial charge is 0.349 e. The van der Waals surface area contributed by atoms with Gasteiger partial charge in [-0.2, -0.15) is 0 Å². The average molecular weight is 338 g/mol. The van der Waals surface area contributed by atoms with Crippen molar-refractivity contribution >= 4 is 30.0 Å². The zero-order chi connectivity index (χ0) is 18.3. The first kappa shape index (κ1) is 18.7. The minimum atomic E-state index is -2.74. The van der Waals surface area contributed by atoms with Crippen molar-refractivity contribution in [2.24, 2.45) is 0 Å². The third-order valence-electron chi connectivity index (χ3n) is 2.90. The summed E-state index contributed by atoms with van der Waals surface area (Å²) in [5.41, 5.74) is -2.51. The number of aromatic hydroxyl groups is 1. The molecule has 9 nitrogen and oxygen atoms in total. The summed E-state index contributed by atoms with van der Waals surface area (Å²) in [6, 6.07) is 5.92. The fourth-order valence-corrected chi connectivity index (χ4v) is 1.83. The number of carbonyl (C=O) groups is 4. The highest BCUT2D eigenvalue weighted by molar-refractivity contribution is 5.94. The molecular weight excluding hydrogens is 324 g/mol. The van der Waals surface area contributed by atoms with Crippen LogP contribution in [0, 0.1) is 0 Å². The van der Waals surface area contributed by atoms with E-state index in [1.54, 1.807) is 12.1 Å². The Morgan fingerprint density at radius 1 is 1.00 bits per heavy atom. The van der Waals surface area contributed by atoms with Gasteiger partial charge in [-0.15, -0.1) is 0 Å². The van der Waals surface area contributed by atoms with Gasteiger partial charge in [0.2, 0.25) is 5.60 Å². The van der Waals surface area contributed by atoms with E-state index in [-0.39, 0.29) is 11.3 Å². The Hall–Kier alpha value is -3.36. The lowest BCUT2D eigenvalue weighted by Crippen LogP contribution is -2.46. The molecule has 0 spiro atoms. The van der Waals surface area contributed by atoms with Gasteiger partial charge in [-0.25, -0.2) is 9.59 Å². The van der Waals surface area contributed by atoms with Crippen molar-refractivity contribution in [3.8, 4) is 5.75 Å². The first-order valence-electron chi connectivity index (χ1n) is 6.52. The minimum absolute atomic E-state index is 0.151. The van der Waals surface area contributed by atoms with Gasteiger partial charge in [0.05, 0.1) is 12.8 Å². The Labute approximate surface area is 135 Å². The number of phenols is 1. The van der Waals surface area contributed by atoms with Crippen LogP contribution in [0.5, 0.6) is 5.75 Å². The molecule has 1 rings (SSSR count). The normalized spacial score (nSPS) is 11.2. The summed E-state index contributed by atoms with van der Waals surface area (Å²) in [7, 11) is 0. The molecule has 0 fully saturated rings. The largest absolute Gasteiger partial charge is 0.507 e. The van der Waals surface area contributed by atoms with E-state index in [9.17, 15) is 24.3 Å². The number of hydrogen-bond donors (Lipinski definition) is 4. The van der Waals surface area contributed by atoms with Crippen LogP contribution in [-0.4, -0.2) is 49.9 Å². The maximum Gasteiger partial charge on any atom is 0.349 e. The number of carboxylic acids is 3. The fourth-order valence-electron chi connectivity index (χ4n) is 1.83. The summed E-state index contributed by atoms with van der Waals surface area (Å²) >= 11 is 0. The number of rotatable bonds is 8. The molecule has 0 aliphatic heterocycles. The Morgan fingerprint density at radius 2 is 1.54 bits per heavy atom. The van der Waals surface area contributed by atoms with Crippen molar-refractivity contribution in [2.75, 3.05) is 0 Å². The van der Waals surface area contributed by atoms with Gasteiger partial charge in [-0.1, -0.05) is 18.2 Å². The molecule has 0 radical (unpaired) electrons. The lowest BCUT2D eigenvalue weighted by atomic mass is 9.95. The Morgan fingerprint density at radius 3 is 2.00 bits per heavy atom. The van der Waals surface area contributed by atoms with Gasteiger partial charge in [0.1, 0.15) is 5.75 Å². The van der Waals surface area contributed by atoms with Crippen LogP contribution in [0.2, 0.25) is 0 Å². The number of benzene rings is 1. The van der Waals surface area contributed by atoms with Crippen molar-refractivity contribution in [3.63, 3.8) is 0 Å². The number of phenolic OH excluding ortho intramolecular Hbond substituents is 1. The monoisotopic (exact) mass is 338 g/mol. The summed E-state index contributed by atoms with van der Waals surface area (Å²) in [6.45, 7) is 0. The van der Waals surface area contributed by atoms with Gasteiger partial charge in [0.25, 0.3) is 0 Å². The van der Waals surface area contributed by atoms with Crippen LogP contribution < -0.4 is 0 Å². The van der Waals surface area contributed by atoms with Gasteiger partial charge < -0.3 is 25.2 Å². The highest BCUT2D eigenvalue weighted by atomic mass is 16.6. The molecule has 0 aliphatic carbocycles. The third-order valence-corrected chi connectivity index (χ3v) is 2.90. The second-order valence-corrected chi connectivity index (χ2v) is 4.75. The molecule has 0 aromatic heterocycles. The lowest BCUT2D eigenvalue weighted by molar-refractivity contribution is -0.183. The molecule has 0 atom stereocenters. The number of esters is 1. The molecule has 0 bridgehead atoms. The predicted octanol–water partition coefficient (Wildman–Crippen LogP) is 0.721. The maximum absolute atomic E-state index is 11.8. The van der Waals surface area contributed by atoms with Gasteiger partial charge >= 0.3 is 23.9 Å². The van der Waals surface area contributed by atoms with Crippen LogP contribution in [0.15, 0.2) is 30.3 Å². The zero-order valence-electron chi connectivity index (χ0n) is 12.2. The van der Waals surface area contributed by atoms with Crippen LogP contribution in [0.1, 0.15) is 18.4 Å². The Balaban J connectivity index is 3.02. The van der Waals surface area contributed by atoms with Gasteiger partial charge in [0, 0.05) is 11.6 Å². The van der Waals surface area contributed by atoms with Crippen molar-refractivity contribution in [1.29, 1.82) is 0 Å². The van der Waals surface area contributed by atoms with E-state index in [2.05, 4.69) is 4.74 Å². The van der Waals surface area contributed by atoms with Gasteiger partial charge in [-0.05, 0) is 12.1 Å². The summed E-state index contributed by atoms with van der Waals surface area (Å²) in [5.74, 6) is -6.59. The summed E-state index contributed by atoms with van der Waals surface area (Å²) in [5, 5.41) is 36.2. The molecule has 0 aliphatic rings. The average Bonchev–Trinajstić information content (AvgIpc) is 2.44. The summed E-state index contributed by atoms with van der Waals surface area (Å²) in [6.07, 6.45) is -0.558. The van der Waals surface area contributed by atoms with Crippen molar-refractivity contribution in [3.05, 3.63) is 35.9 Å². The minimum Gasteiger partial charge on any atom is -0.507 e. The van der Waals surface area contributed by atoms with E-state index in [0.29, 0.717) is 0 Å². The molecular formula is C15H14O9. The van der Waals surface area contributed by atoms with Crippen LogP contribution in [0.3, 0.4) is 0 Å². The van der Waals surface area contributed by atoms with E-state index >= 15 is 0 Å². The Kier molecular flexibility index (Phi) is 6.05. The van der Waals surface area contributed by atoms with E-state index < -0.39 is 42.3 Å². The van der Waals surface area contributed by atoms with Crippen LogP contribution >= 0.6 is 0 Å². The van der Waals surface area contributed by atoms with Crippen molar-refractivity contribution < 1.29 is 44.3 Å². The molecule has 0 saturated carbocycles. The molecule has 24 heavy (non-hydrogen) atoms. The van der Waals surface area contributed by atoms with Gasteiger partial charge in [0.15, 0.2) is 0 Å². The Bertz CT molecular complexity index is 674. The molecule has 1 aromatic carbocycles. The zero-order valence-corrected chi connectivity index (χ0v) is 12.2. The van der Waals surface area contributed by atoms with Crippen LogP contribution in [0.25, 0.3) is 6.08 Å². The van der Waals surface area contributed by atoms with Crippen LogP contribution in [-0.2, 0) is 23.9 Å². The second-order valence-electron chi connectivity index (χ2n) is 4.75. The standard InChI is InChI=1S/C15H14O9/c16-10-4-2-1-3-9(10)5-6-13(21)24-15(14(22)23,7-11(17)18)8-12(19)20/h1-6,16H,7-8H2,(H,17,18)(H,19,20)(H,22,23). The quantitative estimate of drug-likeness (QED) is 0.395. The molecule has 0 amide bonds. The molecule has 4 N–H and O–H groups in total. The topological polar surface area (TPSA) is 158 Å². The van der Waals surface area contributed by atoms with E-state index in [4.69, 9.17) is 15.3 Å². The van der Waals surface area contributed by atoms with Crippen molar-refractivity contribution in [2.45, 2.75) is 18.4 Å². The highest BCUT2D eigenvalue weighted by Crippen LogP contribution is 2.23. The number of aliphatic carboxylic acids is 3. The molecule has 0 unspecified atom stereocenters. The number of para-hydroxylation sites is 1. The predicted molar refractivity (Wildman–Crippen MR) is 78.1 cm³/mol. The molecule has 0 saturated heterocycles. The first-order valence-corrected chi connectivity index (χ1v) is 6.52. The SMILES string of the molecule is O=C(O)CC(CC(=O)O)(OC(=O)C=Cc1ccccc1O)C(=O)O. The first-order chi connectivity index (χ1) is 11.2. The number of carbonyl (C=O) groups excluding carboxylic acids is 1. The number of ether oxygens (including phenoxy) is 1. The highest BCUT2D eigenvalue weighted by Gasteiger charge is 2.46. The molecule has 1 aromatic rings. The van der Waals surface area contributed by atoms with E-state index in [0.717, 1.165) is 12.2 Å². The van der Waals surface area contributed by atoms with E-state index in [1.165, 1.54) is 12.1 Å². The third kappa shape index (κ3) is 5.13. The van der Waals surface area contributed by atoms with E-state index in [1.807, 2.05) is 0 Å². The molecule has 9 heteroatoms. The lowest BCUT2D eigenvalue weighted by Gasteiger charge is -2.25. The summed E-state index contributed by atoms with van der Waals surface area (Å²) < 4.78 is 4.61. The number of hydrogen-bond acceptors (Lipinski definition) is 6. The fraction of sp³-hybridized carbons (Fsp3) is 0.200. The number of carboxylic acid groups (broad SMARTS) is 3. The molecule has 0 heterocycles. The van der Waals surface area contributed by atoms with Crippen LogP contribution in [0.4, 0.5) is 0 Å².